The van der Waals surface area contributed by atoms with Gasteiger partial charge < -0.3 is 9.84 Å². The SMILES string of the molecule is COc1ccc(Cn2cc(-c3cc(O)c4c(C#N)cnn4c3)cn2)cc1. The number of aromatic nitrogens is 4. The second-order valence-electron chi connectivity index (χ2n) is 5.85. The second-order valence-corrected chi connectivity index (χ2v) is 5.85. The molecular formula is C19H15N5O2. The second kappa shape index (κ2) is 6.26. The Bertz CT molecular complexity index is 1120. The first-order valence-corrected chi connectivity index (χ1v) is 7.94. The molecule has 128 valence electrons. The van der Waals surface area contributed by atoms with Gasteiger partial charge >= 0.3 is 0 Å². The Hall–Kier alpha value is -3.79. The molecule has 0 aliphatic heterocycles. The third kappa shape index (κ3) is 2.74. The smallest absolute Gasteiger partial charge is 0.143 e. The van der Waals surface area contributed by atoms with Gasteiger partial charge in [-0.3, -0.25) is 4.68 Å². The number of pyridine rings is 1. The molecule has 0 radical (unpaired) electrons. The molecule has 1 N–H and O–H groups in total. The quantitative estimate of drug-likeness (QED) is 0.614. The highest BCUT2D eigenvalue weighted by atomic mass is 16.5. The van der Waals surface area contributed by atoms with Crippen LogP contribution in [0.25, 0.3) is 16.6 Å². The van der Waals surface area contributed by atoms with Crippen LogP contribution < -0.4 is 4.74 Å². The predicted molar refractivity (Wildman–Crippen MR) is 94.9 cm³/mol. The van der Waals surface area contributed by atoms with E-state index in [0.717, 1.165) is 22.4 Å². The van der Waals surface area contributed by atoms with Crippen LogP contribution in [0.1, 0.15) is 11.1 Å². The number of methoxy groups -OCH3 is 1. The fourth-order valence-corrected chi connectivity index (χ4v) is 2.86. The first-order chi connectivity index (χ1) is 12.7. The number of aromatic hydroxyl groups is 1. The standard InChI is InChI=1S/C19H15N5O2/c1-26-17-4-2-13(3-5-17)10-23-11-16(9-21-23)14-6-18(25)19-15(7-20)8-22-24(19)12-14/h2-6,8-9,11-12,25H,10H2,1H3. The van der Waals surface area contributed by atoms with Crippen LogP contribution in [0.3, 0.4) is 0 Å². The molecule has 0 aliphatic rings. The maximum Gasteiger partial charge on any atom is 0.143 e. The molecule has 0 unspecified atom stereocenters. The van der Waals surface area contributed by atoms with Crippen LogP contribution in [0.15, 0.2) is 55.1 Å². The first-order valence-electron chi connectivity index (χ1n) is 7.94. The average molecular weight is 345 g/mol. The zero-order chi connectivity index (χ0) is 18.1. The average Bonchev–Trinajstić information content (AvgIpc) is 3.29. The number of hydrogen-bond donors (Lipinski definition) is 1. The summed E-state index contributed by atoms with van der Waals surface area (Å²) in [6.07, 6.45) is 6.84. The Morgan fingerprint density at radius 1 is 1.12 bits per heavy atom. The first kappa shape index (κ1) is 15.7. The van der Waals surface area contributed by atoms with Gasteiger partial charge in [0.05, 0.1) is 26.0 Å². The Morgan fingerprint density at radius 3 is 2.65 bits per heavy atom. The van der Waals surface area contributed by atoms with Crippen molar-refractivity contribution in [3.05, 3.63) is 66.2 Å². The van der Waals surface area contributed by atoms with Gasteiger partial charge in [-0.05, 0) is 23.8 Å². The van der Waals surface area contributed by atoms with E-state index in [1.165, 1.54) is 10.7 Å². The van der Waals surface area contributed by atoms with Crippen molar-refractivity contribution < 1.29 is 9.84 Å². The number of benzene rings is 1. The molecule has 0 bridgehead atoms. The van der Waals surface area contributed by atoms with Gasteiger partial charge in [0.2, 0.25) is 0 Å². The lowest BCUT2D eigenvalue weighted by molar-refractivity contribution is 0.414. The minimum Gasteiger partial charge on any atom is -0.506 e. The maximum absolute atomic E-state index is 10.3. The zero-order valence-electron chi connectivity index (χ0n) is 14.0. The summed E-state index contributed by atoms with van der Waals surface area (Å²) >= 11 is 0. The number of nitriles is 1. The summed E-state index contributed by atoms with van der Waals surface area (Å²) in [7, 11) is 1.64. The highest BCUT2D eigenvalue weighted by Gasteiger charge is 2.12. The molecule has 0 aliphatic carbocycles. The molecule has 0 saturated carbocycles. The molecule has 0 spiro atoms. The normalized spacial score (nSPS) is 10.8. The van der Waals surface area contributed by atoms with Gasteiger partial charge in [0, 0.05) is 23.5 Å². The van der Waals surface area contributed by atoms with Gasteiger partial charge in [-0.2, -0.15) is 15.5 Å². The van der Waals surface area contributed by atoms with Crippen molar-refractivity contribution in [1.82, 2.24) is 19.4 Å². The van der Waals surface area contributed by atoms with E-state index in [4.69, 9.17) is 10.00 Å². The molecular weight excluding hydrogens is 330 g/mol. The van der Waals surface area contributed by atoms with Crippen molar-refractivity contribution >= 4 is 5.52 Å². The fraction of sp³-hybridized carbons (Fsp3) is 0.105. The molecule has 3 aromatic heterocycles. The van der Waals surface area contributed by atoms with E-state index in [1.807, 2.05) is 41.2 Å². The Morgan fingerprint density at radius 2 is 1.92 bits per heavy atom. The summed E-state index contributed by atoms with van der Waals surface area (Å²) < 4.78 is 8.49. The summed E-state index contributed by atoms with van der Waals surface area (Å²) in [6, 6.07) is 11.4. The molecule has 0 atom stereocenters. The van der Waals surface area contributed by atoms with E-state index < -0.39 is 0 Å². The molecule has 0 saturated heterocycles. The van der Waals surface area contributed by atoms with Crippen LogP contribution in [0.5, 0.6) is 11.5 Å². The van der Waals surface area contributed by atoms with E-state index in [0.29, 0.717) is 17.6 Å². The van der Waals surface area contributed by atoms with Crippen molar-refractivity contribution in [3.8, 4) is 28.7 Å². The highest BCUT2D eigenvalue weighted by Crippen LogP contribution is 2.28. The Labute approximate surface area is 149 Å². The van der Waals surface area contributed by atoms with Crippen molar-refractivity contribution in [2.45, 2.75) is 6.54 Å². The highest BCUT2D eigenvalue weighted by molar-refractivity contribution is 5.74. The van der Waals surface area contributed by atoms with Crippen molar-refractivity contribution in [3.63, 3.8) is 0 Å². The number of hydrogen-bond acceptors (Lipinski definition) is 5. The van der Waals surface area contributed by atoms with Gasteiger partial charge in [-0.1, -0.05) is 12.1 Å². The zero-order valence-corrected chi connectivity index (χ0v) is 14.0. The molecule has 4 aromatic rings. The Kier molecular flexibility index (Phi) is 3.78. The minimum atomic E-state index is 0.0134. The molecule has 26 heavy (non-hydrogen) atoms. The number of ether oxygens (including phenoxy) is 1. The lowest BCUT2D eigenvalue weighted by atomic mass is 10.1. The van der Waals surface area contributed by atoms with Crippen molar-refractivity contribution in [1.29, 1.82) is 5.26 Å². The molecule has 7 heteroatoms. The van der Waals surface area contributed by atoms with E-state index in [1.54, 1.807) is 25.6 Å². The molecule has 4 rings (SSSR count). The third-order valence-electron chi connectivity index (χ3n) is 4.18. The number of fused-ring (bicyclic) bond motifs is 1. The summed E-state index contributed by atoms with van der Waals surface area (Å²) in [5, 5.41) is 27.8. The lowest BCUT2D eigenvalue weighted by Gasteiger charge is -2.04. The monoisotopic (exact) mass is 345 g/mol. The van der Waals surface area contributed by atoms with E-state index in [2.05, 4.69) is 10.2 Å². The van der Waals surface area contributed by atoms with Crippen LogP contribution in [-0.2, 0) is 6.54 Å². The summed E-state index contributed by atoms with van der Waals surface area (Å²) in [5.41, 5.74) is 3.46. The van der Waals surface area contributed by atoms with Crippen LogP contribution in [0, 0.1) is 11.3 Å². The van der Waals surface area contributed by atoms with Gasteiger partial charge in [-0.15, -0.1) is 0 Å². The maximum atomic E-state index is 10.3. The topological polar surface area (TPSA) is 88.4 Å². The van der Waals surface area contributed by atoms with Gasteiger partial charge in [0.25, 0.3) is 0 Å². The molecule has 1 aromatic carbocycles. The van der Waals surface area contributed by atoms with E-state index in [9.17, 15) is 5.11 Å². The van der Waals surface area contributed by atoms with Crippen LogP contribution in [-0.4, -0.2) is 31.6 Å². The lowest BCUT2D eigenvalue weighted by Crippen LogP contribution is -1.99. The minimum absolute atomic E-state index is 0.0134. The Balaban J connectivity index is 1.63. The number of nitrogens with zero attached hydrogens (tertiary/aromatic N) is 5. The van der Waals surface area contributed by atoms with Gasteiger partial charge in [0.1, 0.15) is 28.6 Å². The predicted octanol–water partition coefficient (Wildman–Crippen LogP) is 2.83. The molecule has 3 heterocycles. The largest absolute Gasteiger partial charge is 0.506 e. The summed E-state index contributed by atoms with van der Waals surface area (Å²) in [4.78, 5) is 0. The van der Waals surface area contributed by atoms with Gasteiger partial charge in [-0.25, -0.2) is 4.52 Å². The van der Waals surface area contributed by atoms with Crippen LogP contribution >= 0.6 is 0 Å². The van der Waals surface area contributed by atoms with Gasteiger partial charge in [0.15, 0.2) is 0 Å². The van der Waals surface area contributed by atoms with E-state index >= 15 is 0 Å². The van der Waals surface area contributed by atoms with E-state index in [-0.39, 0.29) is 5.75 Å². The molecule has 0 amide bonds. The van der Waals surface area contributed by atoms with Crippen LogP contribution in [0.2, 0.25) is 0 Å². The summed E-state index contributed by atoms with van der Waals surface area (Å²) in [6.45, 7) is 0.624. The number of rotatable bonds is 4. The fourth-order valence-electron chi connectivity index (χ4n) is 2.86. The van der Waals surface area contributed by atoms with Crippen LogP contribution in [0.4, 0.5) is 0 Å². The summed E-state index contributed by atoms with van der Waals surface area (Å²) in [5.74, 6) is 0.828. The van der Waals surface area contributed by atoms with Crippen molar-refractivity contribution in [2.24, 2.45) is 0 Å². The molecule has 7 nitrogen and oxygen atoms in total. The third-order valence-corrected chi connectivity index (χ3v) is 4.18. The molecule has 0 fully saturated rings. The van der Waals surface area contributed by atoms with Crippen molar-refractivity contribution in [2.75, 3.05) is 7.11 Å².